The summed E-state index contributed by atoms with van der Waals surface area (Å²) in [5.74, 6) is -0.322. The molecule has 0 N–H and O–H groups in total. The number of aromatic nitrogens is 1. The van der Waals surface area contributed by atoms with E-state index in [-0.39, 0.29) is 17.9 Å². The Morgan fingerprint density at radius 2 is 2.06 bits per heavy atom. The molecule has 0 radical (unpaired) electrons. The van der Waals surface area contributed by atoms with Crippen molar-refractivity contribution >= 4 is 10.9 Å². The van der Waals surface area contributed by atoms with E-state index in [1.165, 1.54) is 6.07 Å². The molecule has 2 aromatic rings. The summed E-state index contributed by atoms with van der Waals surface area (Å²) >= 11 is 0. The predicted molar refractivity (Wildman–Crippen MR) is 65.3 cm³/mol. The molecule has 0 atom stereocenters. The van der Waals surface area contributed by atoms with Crippen LogP contribution < -0.4 is 0 Å². The number of nitrogens with zero attached hydrogens (tertiary/aromatic N) is 1. The van der Waals surface area contributed by atoms with Crippen molar-refractivity contribution in [3.63, 3.8) is 0 Å². The van der Waals surface area contributed by atoms with E-state index < -0.39 is 0 Å². The van der Waals surface area contributed by atoms with Crippen LogP contribution in [0.25, 0.3) is 10.9 Å². The lowest BCUT2D eigenvalue weighted by Gasteiger charge is -2.23. The molecule has 17 heavy (non-hydrogen) atoms. The van der Waals surface area contributed by atoms with Gasteiger partial charge >= 0.3 is 0 Å². The second-order valence-electron chi connectivity index (χ2n) is 4.86. The number of alkyl halides is 1. The van der Waals surface area contributed by atoms with Crippen molar-refractivity contribution < 1.29 is 8.78 Å². The van der Waals surface area contributed by atoms with Crippen molar-refractivity contribution in [1.82, 2.24) is 4.98 Å². The van der Waals surface area contributed by atoms with Crippen LogP contribution in [0.4, 0.5) is 8.78 Å². The Bertz CT molecular complexity index is 535. The van der Waals surface area contributed by atoms with Gasteiger partial charge in [-0.1, -0.05) is 26.0 Å². The summed E-state index contributed by atoms with van der Waals surface area (Å²) in [7, 11) is 0. The Labute approximate surface area is 99.5 Å². The fraction of sp³-hybridized carbons (Fsp3) is 0.357. The number of para-hydroxylation sites is 1. The Balaban J connectivity index is 2.52. The fourth-order valence-electron chi connectivity index (χ4n) is 1.87. The summed E-state index contributed by atoms with van der Waals surface area (Å²) in [5, 5.41) is 0.759. The smallest absolute Gasteiger partial charge is 0.149 e. The van der Waals surface area contributed by atoms with E-state index in [2.05, 4.69) is 4.98 Å². The van der Waals surface area contributed by atoms with Gasteiger partial charge in [-0.25, -0.2) is 4.39 Å². The van der Waals surface area contributed by atoms with Gasteiger partial charge in [0.1, 0.15) is 11.3 Å². The molecule has 0 saturated carbocycles. The van der Waals surface area contributed by atoms with Gasteiger partial charge in [-0.05, 0) is 29.5 Å². The molecule has 0 aliphatic carbocycles. The molecule has 1 nitrogen and oxygen atoms in total. The Hall–Kier alpha value is -1.51. The molecule has 0 aliphatic rings. The SMILES string of the molecule is CC(C)(CCF)c1cnc2c(F)cccc2c1. The molecule has 1 heterocycles. The lowest BCUT2D eigenvalue weighted by atomic mass is 9.82. The lowest BCUT2D eigenvalue weighted by molar-refractivity contribution is 0.377. The number of pyridine rings is 1. The van der Waals surface area contributed by atoms with Gasteiger partial charge < -0.3 is 0 Å². The fourth-order valence-corrected chi connectivity index (χ4v) is 1.87. The quantitative estimate of drug-likeness (QED) is 0.783. The van der Waals surface area contributed by atoms with Gasteiger partial charge in [0.15, 0.2) is 0 Å². The van der Waals surface area contributed by atoms with Crippen molar-refractivity contribution in [2.75, 3.05) is 6.67 Å². The normalized spacial score (nSPS) is 12.0. The molecule has 1 aromatic carbocycles. The van der Waals surface area contributed by atoms with E-state index in [4.69, 9.17) is 0 Å². The van der Waals surface area contributed by atoms with E-state index >= 15 is 0 Å². The van der Waals surface area contributed by atoms with Crippen LogP contribution in [0.15, 0.2) is 30.5 Å². The lowest BCUT2D eigenvalue weighted by Crippen LogP contribution is -2.18. The Morgan fingerprint density at radius 1 is 1.29 bits per heavy atom. The maximum atomic E-state index is 13.4. The van der Waals surface area contributed by atoms with Crippen LogP contribution in [0.1, 0.15) is 25.8 Å². The zero-order valence-electron chi connectivity index (χ0n) is 10.0. The number of hydrogen-bond donors (Lipinski definition) is 0. The summed E-state index contributed by atoms with van der Waals surface area (Å²) in [6.07, 6.45) is 2.08. The highest BCUT2D eigenvalue weighted by atomic mass is 19.1. The minimum absolute atomic E-state index is 0.276. The Morgan fingerprint density at radius 3 is 2.76 bits per heavy atom. The van der Waals surface area contributed by atoms with Crippen LogP contribution in [0.2, 0.25) is 0 Å². The molecular weight excluding hydrogens is 220 g/mol. The van der Waals surface area contributed by atoms with Gasteiger partial charge in [0.25, 0.3) is 0 Å². The summed E-state index contributed by atoms with van der Waals surface area (Å²) in [4.78, 5) is 4.13. The van der Waals surface area contributed by atoms with Crippen LogP contribution in [0, 0.1) is 5.82 Å². The molecule has 3 heteroatoms. The second-order valence-corrected chi connectivity index (χ2v) is 4.86. The van der Waals surface area contributed by atoms with Gasteiger partial charge in [-0.3, -0.25) is 9.37 Å². The molecule has 0 unspecified atom stereocenters. The number of hydrogen-bond acceptors (Lipinski definition) is 1. The summed E-state index contributed by atoms with van der Waals surface area (Å²) in [6, 6.07) is 6.76. The van der Waals surface area contributed by atoms with Crippen molar-refractivity contribution in [3.05, 3.63) is 41.8 Å². The average Bonchev–Trinajstić information content (AvgIpc) is 2.29. The number of rotatable bonds is 3. The number of fused-ring (bicyclic) bond motifs is 1. The molecule has 90 valence electrons. The van der Waals surface area contributed by atoms with Gasteiger partial charge in [0.05, 0.1) is 6.67 Å². The zero-order chi connectivity index (χ0) is 12.5. The Kier molecular flexibility index (Phi) is 3.09. The van der Waals surface area contributed by atoms with Crippen molar-refractivity contribution in [3.8, 4) is 0 Å². The van der Waals surface area contributed by atoms with Crippen molar-refractivity contribution in [1.29, 1.82) is 0 Å². The highest BCUT2D eigenvalue weighted by molar-refractivity contribution is 5.79. The van der Waals surface area contributed by atoms with Crippen LogP contribution in [-0.2, 0) is 5.41 Å². The third-order valence-electron chi connectivity index (χ3n) is 3.16. The van der Waals surface area contributed by atoms with Crippen molar-refractivity contribution in [2.45, 2.75) is 25.7 Å². The maximum Gasteiger partial charge on any atom is 0.149 e. The first-order chi connectivity index (χ1) is 8.04. The number of halogens is 2. The van der Waals surface area contributed by atoms with Crippen molar-refractivity contribution in [2.24, 2.45) is 0 Å². The van der Waals surface area contributed by atoms with Crippen LogP contribution >= 0.6 is 0 Å². The third kappa shape index (κ3) is 2.28. The van der Waals surface area contributed by atoms with E-state index in [1.807, 2.05) is 26.0 Å². The summed E-state index contributed by atoms with van der Waals surface area (Å²) < 4.78 is 25.9. The first kappa shape index (κ1) is 12.0. The summed E-state index contributed by atoms with van der Waals surface area (Å²) in [6.45, 7) is 3.57. The second kappa shape index (κ2) is 4.40. The molecule has 0 bridgehead atoms. The van der Waals surface area contributed by atoms with E-state index in [0.29, 0.717) is 11.9 Å². The third-order valence-corrected chi connectivity index (χ3v) is 3.16. The average molecular weight is 235 g/mol. The molecule has 0 fully saturated rings. The first-order valence-corrected chi connectivity index (χ1v) is 5.65. The molecule has 2 rings (SSSR count). The van der Waals surface area contributed by atoms with E-state index in [9.17, 15) is 8.78 Å². The first-order valence-electron chi connectivity index (χ1n) is 5.65. The standard InChI is InChI=1S/C14H15F2N/c1-14(2,6-7-15)11-8-10-4-3-5-12(16)13(10)17-9-11/h3-5,8-9H,6-7H2,1-2H3. The summed E-state index contributed by atoms with van der Waals surface area (Å²) in [5.41, 5.74) is 1.03. The molecule has 0 amide bonds. The van der Waals surface area contributed by atoms with Gasteiger partial charge in [-0.2, -0.15) is 0 Å². The van der Waals surface area contributed by atoms with Gasteiger partial charge in [0, 0.05) is 11.6 Å². The van der Waals surface area contributed by atoms with E-state index in [1.54, 1.807) is 12.3 Å². The maximum absolute atomic E-state index is 13.4. The largest absolute Gasteiger partial charge is 0.253 e. The van der Waals surface area contributed by atoms with Gasteiger partial charge in [0.2, 0.25) is 0 Å². The monoisotopic (exact) mass is 235 g/mol. The highest BCUT2D eigenvalue weighted by Gasteiger charge is 2.21. The topological polar surface area (TPSA) is 12.9 Å². The van der Waals surface area contributed by atoms with Crippen LogP contribution in [-0.4, -0.2) is 11.7 Å². The van der Waals surface area contributed by atoms with Crippen LogP contribution in [0.3, 0.4) is 0 Å². The van der Waals surface area contributed by atoms with Crippen LogP contribution in [0.5, 0.6) is 0 Å². The zero-order valence-corrected chi connectivity index (χ0v) is 10.0. The molecular formula is C14H15F2N. The molecule has 0 aliphatic heterocycles. The predicted octanol–water partition coefficient (Wildman–Crippen LogP) is 4.01. The molecule has 0 spiro atoms. The molecule has 1 aromatic heterocycles. The minimum atomic E-state index is -0.367. The number of benzene rings is 1. The van der Waals surface area contributed by atoms with E-state index in [0.717, 1.165) is 10.9 Å². The minimum Gasteiger partial charge on any atom is -0.253 e. The highest BCUT2D eigenvalue weighted by Crippen LogP contribution is 2.29. The molecule has 0 saturated heterocycles. The van der Waals surface area contributed by atoms with Gasteiger partial charge in [-0.15, -0.1) is 0 Å².